The Balaban J connectivity index is 1.51. The van der Waals surface area contributed by atoms with Gasteiger partial charge in [-0.25, -0.2) is 18.2 Å². The van der Waals surface area contributed by atoms with Gasteiger partial charge in [0, 0.05) is 41.7 Å². The van der Waals surface area contributed by atoms with Crippen molar-refractivity contribution in [1.82, 2.24) is 14.7 Å². The fourth-order valence-electron chi connectivity index (χ4n) is 5.87. The summed E-state index contributed by atoms with van der Waals surface area (Å²) in [7, 11) is -2.65. The van der Waals surface area contributed by atoms with Crippen molar-refractivity contribution >= 4 is 33.2 Å². The van der Waals surface area contributed by atoms with Crippen LogP contribution in [0, 0.1) is 31.3 Å². The zero-order valence-corrected chi connectivity index (χ0v) is 22.1. The summed E-state index contributed by atoms with van der Waals surface area (Å²) in [6, 6.07) is 6.65. The van der Waals surface area contributed by atoms with E-state index in [0.29, 0.717) is 36.4 Å². The smallest absolute Gasteiger partial charge is 0.227 e. The van der Waals surface area contributed by atoms with Crippen molar-refractivity contribution in [3.8, 4) is 11.1 Å². The third kappa shape index (κ3) is 4.40. The van der Waals surface area contributed by atoms with Crippen molar-refractivity contribution in [1.29, 1.82) is 0 Å². The quantitative estimate of drug-likeness (QED) is 0.270. The van der Waals surface area contributed by atoms with Gasteiger partial charge in [0.25, 0.3) is 0 Å². The molecule has 206 valence electrons. The third-order valence-electron chi connectivity index (χ3n) is 7.72. The van der Waals surface area contributed by atoms with E-state index >= 15 is 0 Å². The van der Waals surface area contributed by atoms with Crippen molar-refractivity contribution in [3.63, 3.8) is 0 Å². The van der Waals surface area contributed by atoms with Crippen LogP contribution < -0.4 is 4.90 Å². The normalized spacial score (nSPS) is 20.7. The van der Waals surface area contributed by atoms with Crippen molar-refractivity contribution in [2.45, 2.75) is 51.6 Å². The number of amides is 1. The van der Waals surface area contributed by atoms with E-state index < -0.39 is 34.1 Å². The molecule has 2 aromatic heterocycles. The van der Waals surface area contributed by atoms with Crippen LogP contribution in [0.15, 0.2) is 34.9 Å². The summed E-state index contributed by atoms with van der Waals surface area (Å²) in [5, 5.41) is 4.04. The number of carbonyl (C=O) groups excluding carboxylic acids is 1. The first-order chi connectivity index (χ1) is 18.5. The van der Waals surface area contributed by atoms with E-state index in [1.807, 2.05) is 36.6 Å². The number of hydrogen-bond acceptors (Lipinski definition) is 6. The SMILES string of the molecule is Cc1noc(C)c1-c1ccc2c(c1)nc(C1CCC(=O)N1c1cc(F)c(F)c(F)c1)n2C1CCS(O)(O)CC1. The summed E-state index contributed by atoms with van der Waals surface area (Å²) in [4.78, 5) is 19.2. The Kier molecular flexibility index (Phi) is 6.23. The second kappa shape index (κ2) is 9.39. The standard InChI is InChI=1S/C27H27F3N4O4S/c1-14-25(15(2)38-32-14)16-3-4-22-21(11-16)31-27(34(22)17-7-9-39(36,37)10-8-17)23-5-6-24(35)33(23)18-12-19(28)26(30)20(29)13-18/h3-4,11-13,17,23,36-37H,5-10H2,1-2H3. The van der Waals surface area contributed by atoms with Crippen LogP contribution >= 0.6 is 10.6 Å². The lowest BCUT2D eigenvalue weighted by Crippen LogP contribution is -2.31. The molecule has 39 heavy (non-hydrogen) atoms. The zero-order valence-electron chi connectivity index (χ0n) is 21.3. The highest BCUT2D eigenvalue weighted by Gasteiger charge is 2.39. The summed E-state index contributed by atoms with van der Waals surface area (Å²) in [6.07, 6.45) is 1.46. The number of carbonyl (C=O) groups is 1. The first kappa shape index (κ1) is 25.9. The first-order valence-electron chi connectivity index (χ1n) is 12.7. The van der Waals surface area contributed by atoms with E-state index in [1.165, 1.54) is 4.90 Å². The molecule has 12 heteroatoms. The summed E-state index contributed by atoms with van der Waals surface area (Å²) in [5.41, 5.74) is 3.81. The fraction of sp³-hybridized carbons (Fsp3) is 0.370. The minimum absolute atomic E-state index is 0.0771. The molecule has 0 saturated carbocycles. The highest BCUT2D eigenvalue weighted by atomic mass is 32.3. The number of anilines is 1. The number of benzene rings is 2. The minimum atomic E-state index is -2.65. The van der Waals surface area contributed by atoms with Gasteiger partial charge >= 0.3 is 0 Å². The molecule has 6 rings (SSSR count). The fourth-order valence-corrected chi connectivity index (χ4v) is 7.38. The van der Waals surface area contributed by atoms with Gasteiger partial charge in [-0.05, 0) is 50.8 Å². The molecule has 2 fully saturated rings. The highest BCUT2D eigenvalue weighted by molar-refractivity contribution is 8.24. The lowest BCUT2D eigenvalue weighted by atomic mass is 10.0. The van der Waals surface area contributed by atoms with Crippen LogP contribution in [0.1, 0.15) is 55.0 Å². The van der Waals surface area contributed by atoms with Crippen molar-refractivity contribution in [2.24, 2.45) is 0 Å². The van der Waals surface area contributed by atoms with Crippen LogP contribution in [0.5, 0.6) is 0 Å². The molecule has 0 spiro atoms. The molecule has 4 aromatic rings. The van der Waals surface area contributed by atoms with Crippen LogP contribution in [0.25, 0.3) is 22.2 Å². The second-order valence-electron chi connectivity index (χ2n) is 10.2. The van der Waals surface area contributed by atoms with Gasteiger partial charge in [-0.2, -0.15) is 10.6 Å². The maximum atomic E-state index is 14.2. The Hall–Kier alpha value is -3.35. The number of rotatable bonds is 4. The van der Waals surface area contributed by atoms with Gasteiger partial charge < -0.3 is 14.0 Å². The summed E-state index contributed by atoms with van der Waals surface area (Å²) >= 11 is 0. The molecule has 8 nitrogen and oxygen atoms in total. The highest BCUT2D eigenvalue weighted by Crippen LogP contribution is 2.49. The lowest BCUT2D eigenvalue weighted by molar-refractivity contribution is -0.117. The number of nitrogens with zero attached hydrogens (tertiary/aromatic N) is 4. The monoisotopic (exact) mass is 560 g/mol. The summed E-state index contributed by atoms with van der Waals surface area (Å²) in [6.45, 7) is 3.68. The molecule has 1 unspecified atom stereocenters. The number of halogens is 3. The first-order valence-corrected chi connectivity index (χ1v) is 14.6. The Bertz CT molecular complexity index is 1570. The van der Waals surface area contributed by atoms with Gasteiger partial charge in [0.1, 0.15) is 11.6 Å². The Morgan fingerprint density at radius 3 is 2.36 bits per heavy atom. The molecule has 2 aliphatic heterocycles. The third-order valence-corrected chi connectivity index (χ3v) is 9.50. The topological polar surface area (TPSA) is 105 Å². The largest absolute Gasteiger partial charge is 0.361 e. The Labute approximate surface area is 223 Å². The predicted molar refractivity (Wildman–Crippen MR) is 141 cm³/mol. The summed E-state index contributed by atoms with van der Waals surface area (Å²) < 4.78 is 69.9. The number of aromatic nitrogens is 3. The molecule has 0 radical (unpaired) electrons. The van der Waals surface area contributed by atoms with Crippen molar-refractivity contribution in [2.75, 3.05) is 16.4 Å². The number of imidazole rings is 1. The number of aryl methyl sites for hydroxylation is 2. The molecule has 4 heterocycles. The molecule has 2 saturated heterocycles. The van der Waals surface area contributed by atoms with E-state index in [0.717, 1.165) is 34.5 Å². The lowest BCUT2D eigenvalue weighted by Gasteiger charge is -2.40. The van der Waals surface area contributed by atoms with Crippen LogP contribution in [-0.4, -0.2) is 41.2 Å². The molecule has 1 amide bonds. The number of hydrogen-bond donors (Lipinski definition) is 2. The van der Waals surface area contributed by atoms with Crippen molar-refractivity contribution < 1.29 is 31.6 Å². The van der Waals surface area contributed by atoms with Gasteiger partial charge in [0.2, 0.25) is 5.91 Å². The van der Waals surface area contributed by atoms with Gasteiger partial charge in [-0.1, -0.05) is 11.2 Å². The molecule has 2 N–H and O–H groups in total. The van der Waals surface area contributed by atoms with Crippen molar-refractivity contribution in [3.05, 3.63) is 65.1 Å². The maximum absolute atomic E-state index is 14.2. The molecule has 0 aliphatic carbocycles. The molecular weight excluding hydrogens is 533 g/mol. The average Bonchev–Trinajstić information content (AvgIpc) is 3.56. The van der Waals surface area contributed by atoms with Crippen LogP contribution in [0.3, 0.4) is 0 Å². The average molecular weight is 561 g/mol. The molecular formula is C27H27F3N4O4S. The summed E-state index contributed by atoms with van der Waals surface area (Å²) in [5.74, 6) is -3.01. The van der Waals surface area contributed by atoms with E-state index in [4.69, 9.17) is 9.51 Å². The van der Waals surface area contributed by atoms with E-state index in [-0.39, 0.29) is 35.6 Å². The van der Waals surface area contributed by atoms with E-state index in [9.17, 15) is 27.1 Å². The van der Waals surface area contributed by atoms with E-state index in [2.05, 4.69) is 5.16 Å². The van der Waals surface area contributed by atoms with Crippen LogP contribution in [0.4, 0.5) is 18.9 Å². The maximum Gasteiger partial charge on any atom is 0.227 e. The molecule has 2 aromatic carbocycles. The molecule has 1 atom stereocenters. The number of fused-ring (bicyclic) bond motifs is 1. The second-order valence-corrected chi connectivity index (χ2v) is 12.6. The Morgan fingerprint density at radius 1 is 1.03 bits per heavy atom. The van der Waals surface area contributed by atoms with Gasteiger partial charge in [-0.15, -0.1) is 0 Å². The molecule has 0 bridgehead atoms. The molecule has 2 aliphatic rings. The predicted octanol–water partition coefficient (Wildman–Crippen LogP) is 6.68. The van der Waals surface area contributed by atoms with Gasteiger partial charge in [-0.3, -0.25) is 13.9 Å². The van der Waals surface area contributed by atoms with Crippen LogP contribution in [-0.2, 0) is 4.79 Å². The van der Waals surface area contributed by atoms with Crippen LogP contribution in [0.2, 0.25) is 0 Å². The zero-order chi connectivity index (χ0) is 27.6. The van der Waals surface area contributed by atoms with E-state index in [1.54, 1.807) is 0 Å². The van der Waals surface area contributed by atoms with Gasteiger partial charge in [0.15, 0.2) is 17.5 Å². The minimum Gasteiger partial charge on any atom is -0.361 e. The van der Waals surface area contributed by atoms with Gasteiger partial charge in [0.05, 0.1) is 28.5 Å². The Morgan fingerprint density at radius 2 is 1.72 bits per heavy atom.